The summed E-state index contributed by atoms with van der Waals surface area (Å²) in [4.78, 5) is 10.5. The molecular formula is C10H11ClFNO3. The Labute approximate surface area is 96.8 Å². The molecule has 1 aromatic rings. The van der Waals surface area contributed by atoms with Crippen molar-refractivity contribution in [2.75, 3.05) is 7.11 Å². The summed E-state index contributed by atoms with van der Waals surface area (Å²) in [5.74, 6) is -1.91. The second-order valence-electron chi connectivity index (χ2n) is 3.19. The third-order valence-corrected chi connectivity index (χ3v) is 2.37. The van der Waals surface area contributed by atoms with Gasteiger partial charge in [-0.15, -0.1) is 0 Å². The highest BCUT2D eigenvalue weighted by atomic mass is 35.5. The number of nitrogens with two attached hydrogens (primary N) is 1. The van der Waals surface area contributed by atoms with Crippen molar-refractivity contribution in [2.45, 2.75) is 12.5 Å². The summed E-state index contributed by atoms with van der Waals surface area (Å²) in [6.07, 6.45) is -0.308. The Morgan fingerprint density at radius 3 is 2.81 bits per heavy atom. The summed E-state index contributed by atoms with van der Waals surface area (Å²) in [5.41, 5.74) is 5.90. The SMILES string of the molecule is COc1c(C(N)CC(=O)O)ccc(Cl)c1F. The maximum absolute atomic E-state index is 13.5. The zero-order chi connectivity index (χ0) is 12.3. The van der Waals surface area contributed by atoms with Crippen molar-refractivity contribution >= 4 is 17.6 Å². The fraction of sp³-hybridized carbons (Fsp3) is 0.300. The molecule has 0 spiro atoms. The summed E-state index contributed by atoms with van der Waals surface area (Å²) in [6.45, 7) is 0. The Kier molecular flexibility index (Phi) is 4.09. The summed E-state index contributed by atoms with van der Waals surface area (Å²) in [5, 5.41) is 8.50. The van der Waals surface area contributed by atoms with Crippen LogP contribution in [0.15, 0.2) is 12.1 Å². The van der Waals surface area contributed by atoms with Gasteiger partial charge in [-0.25, -0.2) is 4.39 Å². The molecule has 0 saturated heterocycles. The highest BCUT2D eigenvalue weighted by molar-refractivity contribution is 6.30. The number of hydrogen-bond acceptors (Lipinski definition) is 3. The normalized spacial score (nSPS) is 12.2. The number of hydrogen-bond donors (Lipinski definition) is 2. The van der Waals surface area contributed by atoms with E-state index in [0.29, 0.717) is 0 Å². The number of carbonyl (C=O) groups is 1. The van der Waals surface area contributed by atoms with Crippen molar-refractivity contribution in [1.29, 1.82) is 0 Å². The average Bonchev–Trinajstić information content (AvgIpc) is 2.20. The number of rotatable bonds is 4. The van der Waals surface area contributed by atoms with E-state index in [2.05, 4.69) is 0 Å². The number of aliphatic carboxylic acids is 1. The molecule has 1 atom stereocenters. The molecule has 0 aliphatic heterocycles. The molecule has 0 heterocycles. The molecular weight excluding hydrogens is 237 g/mol. The van der Waals surface area contributed by atoms with Gasteiger partial charge in [0.1, 0.15) is 0 Å². The largest absolute Gasteiger partial charge is 0.493 e. The second-order valence-corrected chi connectivity index (χ2v) is 3.60. The third-order valence-electron chi connectivity index (χ3n) is 2.08. The first-order valence-electron chi connectivity index (χ1n) is 4.46. The molecule has 0 fully saturated rings. The number of benzene rings is 1. The number of ether oxygens (including phenoxy) is 1. The zero-order valence-corrected chi connectivity index (χ0v) is 9.29. The summed E-state index contributed by atoms with van der Waals surface area (Å²) in [7, 11) is 1.27. The molecule has 16 heavy (non-hydrogen) atoms. The molecule has 1 rings (SSSR count). The maximum atomic E-state index is 13.5. The van der Waals surface area contributed by atoms with Crippen molar-refractivity contribution in [3.8, 4) is 5.75 Å². The van der Waals surface area contributed by atoms with Crippen LogP contribution in [0, 0.1) is 5.82 Å². The van der Waals surface area contributed by atoms with Crippen LogP contribution in [0.1, 0.15) is 18.0 Å². The first-order valence-corrected chi connectivity index (χ1v) is 4.84. The van der Waals surface area contributed by atoms with E-state index in [1.165, 1.54) is 19.2 Å². The van der Waals surface area contributed by atoms with Gasteiger partial charge in [0.2, 0.25) is 0 Å². The minimum Gasteiger partial charge on any atom is -0.493 e. The van der Waals surface area contributed by atoms with Crippen LogP contribution in [0.4, 0.5) is 4.39 Å². The van der Waals surface area contributed by atoms with Crippen molar-refractivity contribution in [3.05, 3.63) is 28.5 Å². The van der Waals surface area contributed by atoms with Crippen LogP contribution >= 0.6 is 11.6 Å². The van der Waals surface area contributed by atoms with E-state index in [-0.39, 0.29) is 22.8 Å². The maximum Gasteiger partial charge on any atom is 0.305 e. The number of halogens is 2. The number of carboxylic acids is 1. The van der Waals surface area contributed by atoms with Gasteiger partial charge in [0.25, 0.3) is 0 Å². The lowest BCUT2D eigenvalue weighted by Crippen LogP contribution is -2.16. The molecule has 0 aliphatic rings. The Balaban J connectivity index is 3.13. The molecule has 6 heteroatoms. The van der Waals surface area contributed by atoms with E-state index in [4.69, 9.17) is 27.2 Å². The molecule has 1 unspecified atom stereocenters. The fourth-order valence-electron chi connectivity index (χ4n) is 1.34. The molecule has 0 radical (unpaired) electrons. The lowest BCUT2D eigenvalue weighted by Gasteiger charge is -2.15. The summed E-state index contributed by atoms with van der Waals surface area (Å²) < 4.78 is 18.3. The highest BCUT2D eigenvalue weighted by Gasteiger charge is 2.19. The highest BCUT2D eigenvalue weighted by Crippen LogP contribution is 2.32. The Hall–Kier alpha value is -1.33. The fourth-order valence-corrected chi connectivity index (χ4v) is 1.49. The standard InChI is InChI=1S/C10H11ClFNO3/c1-16-10-5(7(13)4-8(14)15)2-3-6(11)9(10)12/h2-3,7H,4,13H2,1H3,(H,14,15). The van der Waals surface area contributed by atoms with Gasteiger partial charge in [-0.3, -0.25) is 4.79 Å². The predicted molar refractivity (Wildman–Crippen MR) is 57.1 cm³/mol. The van der Waals surface area contributed by atoms with E-state index >= 15 is 0 Å². The second kappa shape index (κ2) is 5.14. The first kappa shape index (κ1) is 12.7. The molecule has 3 N–H and O–H groups in total. The summed E-state index contributed by atoms with van der Waals surface area (Å²) >= 11 is 5.56. The van der Waals surface area contributed by atoms with Crippen LogP contribution in [0.3, 0.4) is 0 Å². The molecule has 88 valence electrons. The van der Waals surface area contributed by atoms with Gasteiger partial charge in [-0.2, -0.15) is 0 Å². The zero-order valence-electron chi connectivity index (χ0n) is 8.54. The van der Waals surface area contributed by atoms with E-state index in [1.807, 2.05) is 0 Å². The van der Waals surface area contributed by atoms with Crippen LogP contribution < -0.4 is 10.5 Å². The molecule has 0 aromatic heterocycles. The van der Waals surface area contributed by atoms with Crippen molar-refractivity contribution in [3.63, 3.8) is 0 Å². The van der Waals surface area contributed by atoms with E-state index in [0.717, 1.165) is 0 Å². The topological polar surface area (TPSA) is 72.5 Å². The van der Waals surface area contributed by atoms with E-state index in [9.17, 15) is 9.18 Å². The van der Waals surface area contributed by atoms with Crippen molar-refractivity contribution in [1.82, 2.24) is 0 Å². The van der Waals surface area contributed by atoms with Gasteiger partial charge in [0, 0.05) is 11.6 Å². The van der Waals surface area contributed by atoms with Gasteiger partial charge < -0.3 is 15.6 Å². The van der Waals surface area contributed by atoms with Gasteiger partial charge in [-0.1, -0.05) is 17.7 Å². The number of methoxy groups -OCH3 is 1. The van der Waals surface area contributed by atoms with Crippen LogP contribution in [-0.2, 0) is 4.79 Å². The Bertz CT molecular complexity index is 411. The molecule has 0 amide bonds. The predicted octanol–water partition coefficient (Wildman–Crippen LogP) is 1.96. The molecule has 4 nitrogen and oxygen atoms in total. The monoisotopic (exact) mass is 247 g/mol. The smallest absolute Gasteiger partial charge is 0.305 e. The lowest BCUT2D eigenvalue weighted by molar-refractivity contribution is -0.137. The molecule has 1 aromatic carbocycles. The van der Waals surface area contributed by atoms with Crippen molar-refractivity contribution in [2.24, 2.45) is 5.73 Å². The lowest BCUT2D eigenvalue weighted by atomic mass is 10.0. The van der Waals surface area contributed by atoms with Crippen LogP contribution in [-0.4, -0.2) is 18.2 Å². The summed E-state index contributed by atoms with van der Waals surface area (Å²) in [6, 6.07) is 1.94. The van der Waals surface area contributed by atoms with E-state index < -0.39 is 17.8 Å². The van der Waals surface area contributed by atoms with Gasteiger partial charge in [0.15, 0.2) is 11.6 Å². The first-order chi connectivity index (χ1) is 7.47. The molecule has 0 bridgehead atoms. The quantitative estimate of drug-likeness (QED) is 0.853. The van der Waals surface area contributed by atoms with Gasteiger partial charge >= 0.3 is 5.97 Å². The number of carboxylic acid groups (broad SMARTS) is 1. The van der Waals surface area contributed by atoms with E-state index in [1.54, 1.807) is 0 Å². The van der Waals surface area contributed by atoms with Crippen LogP contribution in [0.25, 0.3) is 0 Å². The van der Waals surface area contributed by atoms with Crippen molar-refractivity contribution < 1.29 is 19.0 Å². The van der Waals surface area contributed by atoms with Gasteiger partial charge in [-0.05, 0) is 6.07 Å². The minimum atomic E-state index is -1.06. The third kappa shape index (κ3) is 2.62. The minimum absolute atomic E-state index is 0.0943. The van der Waals surface area contributed by atoms with Crippen LogP contribution in [0.5, 0.6) is 5.75 Å². The van der Waals surface area contributed by atoms with Gasteiger partial charge in [0.05, 0.1) is 18.6 Å². The molecule has 0 aliphatic carbocycles. The molecule has 0 saturated carbocycles. The average molecular weight is 248 g/mol. The van der Waals surface area contributed by atoms with Crippen LogP contribution in [0.2, 0.25) is 5.02 Å². The Morgan fingerprint density at radius 1 is 1.69 bits per heavy atom. The Morgan fingerprint density at radius 2 is 2.31 bits per heavy atom.